The second-order valence-electron chi connectivity index (χ2n) is 1.11. The van der Waals surface area contributed by atoms with Crippen molar-refractivity contribution in [2.24, 2.45) is 0 Å². The molecule has 0 aliphatic heterocycles. The van der Waals surface area contributed by atoms with E-state index >= 15 is 0 Å². The van der Waals surface area contributed by atoms with Crippen molar-refractivity contribution in [3.63, 3.8) is 0 Å². The van der Waals surface area contributed by atoms with E-state index in [-0.39, 0.29) is 0 Å². The maximum absolute atomic E-state index is 9.64. The van der Waals surface area contributed by atoms with Gasteiger partial charge in [0.05, 0.1) is 0 Å². The summed E-state index contributed by atoms with van der Waals surface area (Å²) in [6, 6.07) is 0. The van der Waals surface area contributed by atoms with E-state index in [2.05, 4.69) is 22.6 Å². The molecule has 0 fully saturated rings. The Labute approximate surface area is 56.9 Å². The number of carbonyl (C=O) groups is 1. The lowest BCUT2D eigenvalue weighted by atomic mass is 10.3. The maximum atomic E-state index is 9.64. The zero-order valence-electron chi connectivity index (χ0n) is 3.93. The highest BCUT2D eigenvalue weighted by Gasteiger charge is 1.72. The Hall–Kier alpha value is 0.140. The quantitative estimate of drug-likeness (QED) is 0.395. The smallest absolute Gasteiger partial charge is 0.120 e. The third kappa shape index (κ3) is 6.14. The minimum atomic E-state index is 0.652. The zero-order valence-corrected chi connectivity index (χ0v) is 6.09. The molecule has 0 bridgehead atoms. The Morgan fingerprint density at radius 2 is 2.14 bits per heavy atom. The van der Waals surface area contributed by atoms with E-state index < -0.39 is 0 Å². The van der Waals surface area contributed by atoms with E-state index in [1.54, 1.807) is 0 Å². The number of aldehydes is 1. The lowest BCUT2D eigenvalue weighted by molar-refractivity contribution is -0.107. The van der Waals surface area contributed by atoms with Gasteiger partial charge in [0, 0.05) is 6.42 Å². The summed E-state index contributed by atoms with van der Waals surface area (Å²) in [4.78, 5) is 9.64. The molecule has 0 rings (SSSR count). The number of rotatable bonds is 3. The molecule has 0 spiro atoms. The number of hydrogen-bond acceptors (Lipinski definition) is 1. The van der Waals surface area contributed by atoms with Crippen LogP contribution in [0.3, 0.4) is 0 Å². The topological polar surface area (TPSA) is 17.1 Å². The molecular weight excluding hydrogens is 203 g/mol. The third-order valence-corrected chi connectivity index (χ3v) is 1.05. The van der Waals surface area contributed by atoms with Crippen molar-refractivity contribution in [1.82, 2.24) is 0 Å². The molecule has 7 heavy (non-hydrogen) atoms. The molecule has 0 saturated carbocycles. The largest absolute Gasteiger partial charge is 0.303 e. The van der Waals surface area contributed by atoms with E-state index in [1.165, 1.54) is 0 Å². The summed E-state index contributed by atoms with van der Waals surface area (Å²) in [5, 5.41) is 0. The van der Waals surface area contributed by atoms with Gasteiger partial charge >= 0.3 is 0 Å². The van der Waals surface area contributed by atoms with Crippen LogP contribution < -0.4 is 0 Å². The van der Waals surface area contributed by atoms with E-state index in [0.29, 0.717) is 6.42 Å². The maximum Gasteiger partial charge on any atom is 0.120 e. The Morgan fingerprint density at radius 1 is 1.43 bits per heavy atom. The lowest BCUT2D eigenvalue weighted by Crippen LogP contribution is -1.67. The molecule has 0 N–H and O–H groups in total. The van der Waals surface area contributed by atoms with Gasteiger partial charge in [-0.15, -0.1) is 0 Å². The molecular formula is C5H7IO. The first-order valence-corrected chi connectivity index (χ1v) is 3.35. The van der Waals surface area contributed by atoms with Crippen LogP contribution in [0.25, 0.3) is 0 Å². The van der Waals surface area contributed by atoms with Gasteiger partial charge in [0.25, 0.3) is 0 Å². The first-order valence-electron chi connectivity index (χ1n) is 2.10. The predicted octanol–water partition coefficient (Wildman–Crippen LogP) is 1.91. The number of carbonyl (C=O) groups excluding carboxylic acids is 1. The standard InChI is InChI=1S/C5H7IO/c6-4-2-1-3-5-7/h2,4-5H,1,3H2/b4-2-. The van der Waals surface area contributed by atoms with E-state index in [1.807, 2.05) is 10.2 Å². The average molecular weight is 210 g/mol. The number of hydrogen-bond donors (Lipinski definition) is 0. The van der Waals surface area contributed by atoms with Crippen molar-refractivity contribution in [2.75, 3.05) is 0 Å². The summed E-state index contributed by atoms with van der Waals surface area (Å²) in [5.74, 6) is 0. The first-order chi connectivity index (χ1) is 3.41. The summed E-state index contributed by atoms with van der Waals surface area (Å²) >= 11 is 2.13. The van der Waals surface area contributed by atoms with Crippen LogP contribution in [-0.4, -0.2) is 6.29 Å². The Kier molecular flexibility index (Phi) is 6.26. The van der Waals surface area contributed by atoms with Crippen LogP contribution in [0, 0.1) is 0 Å². The number of allylic oxidation sites excluding steroid dienone is 1. The number of halogens is 1. The van der Waals surface area contributed by atoms with Gasteiger partial charge in [-0.2, -0.15) is 0 Å². The Balaban J connectivity index is 2.82. The van der Waals surface area contributed by atoms with Crippen molar-refractivity contribution in [2.45, 2.75) is 12.8 Å². The highest BCUT2D eigenvalue weighted by atomic mass is 127. The summed E-state index contributed by atoms with van der Waals surface area (Å²) in [7, 11) is 0. The van der Waals surface area contributed by atoms with Gasteiger partial charge in [-0.05, 0) is 10.5 Å². The average Bonchev–Trinajstić information content (AvgIpc) is 1.69. The van der Waals surface area contributed by atoms with Crippen LogP contribution in [0.15, 0.2) is 10.2 Å². The molecule has 0 aromatic carbocycles. The third-order valence-electron chi connectivity index (χ3n) is 0.540. The molecule has 0 unspecified atom stereocenters. The van der Waals surface area contributed by atoms with Crippen molar-refractivity contribution in [3.05, 3.63) is 10.2 Å². The highest BCUT2D eigenvalue weighted by molar-refractivity contribution is 14.1. The Bertz CT molecular complexity index is 68.5. The van der Waals surface area contributed by atoms with Gasteiger partial charge in [-0.3, -0.25) is 0 Å². The molecule has 0 atom stereocenters. The zero-order chi connectivity index (χ0) is 5.54. The Morgan fingerprint density at radius 3 is 2.57 bits per heavy atom. The molecule has 2 heteroatoms. The van der Waals surface area contributed by atoms with E-state index in [4.69, 9.17) is 0 Å². The monoisotopic (exact) mass is 210 g/mol. The molecule has 0 amide bonds. The molecule has 0 aromatic rings. The van der Waals surface area contributed by atoms with Crippen molar-refractivity contribution < 1.29 is 4.79 Å². The van der Waals surface area contributed by atoms with Gasteiger partial charge in [-0.1, -0.05) is 28.7 Å². The molecule has 40 valence electrons. The van der Waals surface area contributed by atoms with Gasteiger partial charge in [0.1, 0.15) is 6.29 Å². The summed E-state index contributed by atoms with van der Waals surface area (Å²) in [6.45, 7) is 0. The number of unbranched alkanes of at least 4 members (excludes halogenated alkanes) is 1. The lowest BCUT2D eigenvalue weighted by Gasteiger charge is -1.75. The molecule has 0 aliphatic rings. The first kappa shape index (κ1) is 7.14. The van der Waals surface area contributed by atoms with Crippen LogP contribution >= 0.6 is 22.6 Å². The van der Waals surface area contributed by atoms with Gasteiger partial charge < -0.3 is 4.79 Å². The highest BCUT2D eigenvalue weighted by Crippen LogP contribution is 1.90. The van der Waals surface area contributed by atoms with Crippen LogP contribution in [0.4, 0.5) is 0 Å². The molecule has 1 nitrogen and oxygen atoms in total. The fourth-order valence-corrected chi connectivity index (χ4v) is 0.587. The molecule has 0 saturated heterocycles. The summed E-state index contributed by atoms with van der Waals surface area (Å²) < 4.78 is 1.92. The van der Waals surface area contributed by atoms with E-state index in [0.717, 1.165) is 12.7 Å². The second kappa shape index (κ2) is 6.14. The van der Waals surface area contributed by atoms with Crippen LogP contribution in [0.2, 0.25) is 0 Å². The fraction of sp³-hybridized carbons (Fsp3) is 0.400. The SMILES string of the molecule is O=CCC/C=C\I. The van der Waals surface area contributed by atoms with E-state index in [9.17, 15) is 4.79 Å². The predicted molar refractivity (Wildman–Crippen MR) is 38.5 cm³/mol. The normalized spacial score (nSPS) is 9.86. The van der Waals surface area contributed by atoms with Crippen molar-refractivity contribution in [1.29, 1.82) is 0 Å². The van der Waals surface area contributed by atoms with Crippen LogP contribution in [0.5, 0.6) is 0 Å². The van der Waals surface area contributed by atoms with Crippen LogP contribution in [0.1, 0.15) is 12.8 Å². The minimum absolute atomic E-state index is 0.652. The molecule has 0 heterocycles. The molecule has 0 aromatic heterocycles. The minimum Gasteiger partial charge on any atom is -0.303 e. The summed E-state index contributed by atoms with van der Waals surface area (Å²) in [5.41, 5.74) is 0. The van der Waals surface area contributed by atoms with Gasteiger partial charge in [0.15, 0.2) is 0 Å². The van der Waals surface area contributed by atoms with Crippen molar-refractivity contribution >= 4 is 28.9 Å². The van der Waals surface area contributed by atoms with Gasteiger partial charge in [0.2, 0.25) is 0 Å². The van der Waals surface area contributed by atoms with Crippen molar-refractivity contribution in [3.8, 4) is 0 Å². The van der Waals surface area contributed by atoms with Gasteiger partial charge in [-0.25, -0.2) is 0 Å². The second-order valence-corrected chi connectivity index (χ2v) is 1.82. The summed E-state index contributed by atoms with van der Waals surface area (Å²) in [6.07, 6.45) is 4.43. The fourth-order valence-electron chi connectivity index (χ4n) is 0.227. The molecule has 0 aliphatic carbocycles. The molecule has 0 radical (unpaired) electrons. The van der Waals surface area contributed by atoms with Crippen LogP contribution in [-0.2, 0) is 4.79 Å².